The molecule has 5 nitrogen and oxygen atoms in total. The molecule has 29 heavy (non-hydrogen) atoms. The van der Waals surface area contributed by atoms with E-state index in [1.54, 1.807) is 0 Å². The molecule has 0 aliphatic carbocycles. The Morgan fingerprint density at radius 1 is 0.862 bits per heavy atom. The molecule has 1 amide bonds. The molecule has 2 heterocycles. The number of piperazine rings is 1. The SMILES string of the molecule is Cc1nc(C)c(Cc2ccccc2)c(N2CCN(C(=O)c3ccccc3)CC2)n1. The Kier molecular flexibility index (Phi) is 5.56. The number of rotatable bonds is 4. The summed E-state index contributed by atoms with van der Waals surface area (Å²) in [7, 11) is 0. The molecule has 0 unspecified atom stereocenters. The maximum absolute atomic E-state index is 12.7. The summed E-state index contributed by atoms with van der Waals surface area (Å²) in [6.45, 7) is 6.94. The van der Waals surface area contributed by atoms with Crippen LogP contribution in [0.15, 0.2) is 60.7 Å². The van der Waals surface area contributed by atoms with Crippen molar-refractivity contribution in [3.63, 3.8) is 0 Å². The van der Waals surface area contributed by atoms with Crippen LogP contribution in [0.4, 0.5) is 5.82 Å². The minimum atomic E-state index is 0.102. The molecule has 1 saturated heterocycles. The summed E-state index contributed by atoms with van der Waals surface area (Å²) in [6.07, 6.45) is 0.811. The maximum atomic E-state index is 12.7. The van der Waals surface area contributed by atoms with Crippen molar-refractivity contribution in [2.24, 2.45) is 0 Å². The Hall–Kier alpha value is -3.21. The van der Waals surface area contributed by atoms with E-state index in [4.69, 9.17) is 4.98 Å². The molecule has 5 heteroatoms. The molecular weight excluding hydrogens is 360 g/mol. The fourth-order valence-corrected chi connectivity index (χ4v) is 3.87. The Morgan fingerprint density at radius 3 is 2.14 bits per heavy atom. The van der Waals surface area contributed by atoms with E-state index >= 15 is 0 Å². The summed E-state index contributed by atoms with van der Waals surface area (Å²) < 4.78 is 0. The van der Waals surface area contributed by atoms with Crippen molar-refractivity contribution in [1.82, 2.24) is 14.9 Å². The number of carbonyl (C=O) groups excluding carboxylic acids is 1. The van der Waals surface area contributed by atoms with Crippen LogP contribution in [0.1, 0.15) is 33.0 Å². The van der Waals surface area contributed by atoms with Gasteiger partial charge >= 0.3 is 0 Å². The normalized spacial score (nSPS) is 14.1. The largest absolute Gasteiger partial charge is 0.353 e. The number of amides is 1. The van der Waals surface area contributed by atoms with Crippen molar-refractivity contribution in [2.75, 3.05) is 31.1 Å². The first kappa shape index (κ1) is 19.1. The third-order valence-corrected chi connectivity index (χ3v) is 5.41. The first-order chi connectivity index (χ1) is 14.1. The average molecular weight is 386 g/mol. The van der Waals surface area contributed by atoms with E-state index in [9.17, 15) is 4.79 Å². The Bertz CT molecular complexity index is 981. The van der Waals surface area contributed by atoms with Crippen LogP contribution in [0.25, 0.3) is 0 Å². The number of nitrogens with zero attached hydrogens (tertiary/aromatic N) is 4. The smallest absolute Gasteiger partial charge is 0.253 e. The second-order valence-corrected chi connectivity index (χ2v) is 7.47. The zero-order valence-corrected chi connectivity index (χ0v) is 17.0. The van der Waals surface area contributed by atoms with Crippen molar-refractivity contribution in [3.05, 3.63) is 88.9 Å². The lowest BCUT2D eigenvalue weighted by Gasteiger charge is -2.36. The second kappa shape index (κ2) is 8.43. The first-order valence-corrected chi connectivity index (χ1v) is 10.1. The van der Waals surface area contributed by atoms with E-state index < -0.39 is 0 Å². The summed E-state index contributed by atoms with van der Waals surface area (Å²) >= 11 is 0. The molecule has 0 bridgehead atoms. The Morgan fingerprint density at radius 2 is 1.48 bits per heavy atom. The third-order valence-electron chi connectivity index (χ3n) is 5.41. The summed E-state index contributed by atoms with van der Waals surface area (Å²) in [5, 5.41) is 0. The molecule has 0 spiro atoms. The molecule has 0 N–H and O–H groups in total. The van der Waals surface area contributed by atoms with Gasteiger partial charge in [0.1, 0.15) is 11.6 Å². The lowest BCUT2D eigenvalue weighted by molar-refractivity contribution is 0.0746. The molecule has 0 atom stereocenters. The number of hydrogen-bond donors (Lipinski definition) is 0. The Labute approximate surface area is 172 Å². The molecule has 4 rings (SSSR count). The maximum Gasteiger partial charge on any atom is 0.253 e. The van der Waals surface area contributed by atoms with Crippen molar-refractivity contribution in [1.29, 1.82) is 0 Å². The lowest BCUT2D eigenvalue weighted by Crippen LogP contribution is -2.49. The molecule has 3 aromatic rings. The highest BCUT2D eigenvalue weighted by Gasteiger charge is 2.25. The summed E-state index contributed by atoms with van der Waals surface area (Å²) in [4.78, 5) is 26.4. The van der Waals surface area contributed by atoms with Gasteiger partial charge in [-0.05, 0) is 31.5 Å². The van der Waals surface area contributed by atoms with E-state index in [-0.39, 0.29) is 5.91 Å². The van der Waals surface area contributed by atoms with Gasteiger partial charge in [-0.15, -0.1) is 0 Å². The monoisotopic (exact) mass is 386 g/mol. The topological polar surface area (TPSA) is 49.3 Å². The summed E-state index contributed by atoms with van der Waals surface area (Å²) in [6, 6.07) is 19.9. The van der Waals surface area contributed by atoms with Gasteiger partial charge in [0.25, 0.3) is 5.91 Å². The molecule has 1 fully saturated rings. The highest BCUT2D eigenvalue weighted by Crippen LogP contribution is 2.25. The fraction of sp³-hybridized carbons (Fsp3) is 0.292. The molecule has 0 radical (unpaired) electrons. The quantitative estimate of drug-likeness (QED) is 0.687. The average Bonchev–Trinajstić information content (AvgIpc) is 2.76. The predicted octanol–water partition coefficient (Wildman–Crippen LogP) is 3.65. The Balaban J connectivity index is 1.53. The van der Waals surface area contributed by atoms with Crippen molar-refractivity contribution < 1.29 is 4.79 Å². The van der Waals surface area contributed by atoms with Gasteiger partial charge in [-0.3, -0.25) is 4.79 Å². The lowest BCUT2D eigenvalue weighted by atomic mass is 10.0. The van der Waals surface area contributed by atoms with Gasteiger partial charge in [-0.25, -0.2) is 9.97 Å². The first-order valence-electron chi connectivity index (χ1n) is 10.1. The van der Waals surface area contributed by atoms with E-state index in [1.165, 1.54) is 11.1 Å². The van der Waals surface area contributed by atoms with Crippen LogP contribution in [0.3, 0.4) is 0 Å². The van der Waals surface area contributed by atoms with Crippen molar-refractivity contribution >= 4 is 11.7 Å². The van der Waals surface area contributed by atoms with Crippen LogP contribution >= 0.6 is 0 Å². The zero-order valence-electron chi connectivity index (χ0n) is 17.0. The van der Waals surface area contributed by atoms with Gasteiger partial charge in [0, 0.05) is 49.4 Å². The highest BCUT2D eigenvalue weighted by molar-refractivity contribution is 5.94. The van der Waals surface area contributed by atoms with Gasteiger partial charge < -0.3 is 9.80 Å². The van der Waals surface area contributed by atoms with E-state index in [0.717, 1.165) is 42.4 Å². The van der Waals surface area contributed by atoms with Gasteiger partial charge in [-0.1, -0.05) is 48.5 Å². The van der Waals surface area contributed by atoms with E-state index in [0.29, 0.717) is 13.1 Å². The molecule has 0 saturated carbocycles. The number of benzene rings is 2. The van der Waals surface area contributed by atoms with Crippen LogP contribution in [0.5, 0.6) is 0 Å². The summed E-state index contributed by atoms with van der Waals surface area (Å²) in [5.41, 5.74) is 4.20. The number of hydrogen-bond acceptors (Lipinski definition) is 4. The van der Waals surface area contributed by atoms with Gasteiger partial charge in [-0.2, -0.15) is 0 Å². The minimum absolute atomic E-state index is 0.102. The highest BCUT2D eigenvalue weighted by atomic mass is 16.2. The number of aryl methyl sites for hydroxylation is 2. The molecule has 148 valence electrons. The van der Waals surface area contributed by atoms with E-state index in [2.05, 4.69) is 41.1 Å². The molecule has 2 aromatic carbocycles. The van der Waals surface area contributed by atoms with Gasteiger partial charge in [0.15, 0.2) is 0 Å². The molecule has 1 aliphatic heterocycles. The molecular formula is C24H26N4O. The molecule has 1 aromatic heterocycles. The number of anilines is 1. The van der Waals surface area contributed by atoms with E-state index in [1.807, 2.05) is 48.2 Å². The standard InChI is InChI=1S/C24H26N4O/c1-18-22(17-20-9-5-3-6-10-20)23(26-19(2)25-18)27-13-15-28(16-14-27)24(29)21-11-7-4-8-12-21/h3-12H,13-17H2,1-2H3. The van der Waals surface area contributed by atoms with Crippen molar-refractivity contribution in [3.8, 4) is 0 Å². The van der Waals surface area contributed by atoms with Crippen LogP contribution in [-0.4, -0.2) is 47.0 Å². The zero-order chi connectivity index (χ0) is 20.2. The predicted molar refractivity (Wildman–Crippen MR) is 115 cm³/mol. The molecule has 1 aliphatic rings. The number of carbonyl (C=O) groups is 1. The number of aromatic nitrogens is 2. The third kappa shape index (κ3) is 4.29. The van der Waals surface area contributed by atoms with Crippen LogP contribution in [0, 0.1) is 13.8 Å². The summed E-state index contributed by atoms with van der Waals surface area (Å²) in [5.74, 6) is 1.90. The van der Waals surface area contributed by atoms with Crippen LogP contribution in [0.2, 0.25) is 0 Å². The van der Waals surface area contributed by atoms with Crippen LogP contribution < -0.4 is 4.90 Å². The van der Waals surface area contributed by atoms with Crippen LogP contribution in [-0.2, 0) is 6.42 Å². The minimum Gasteiger partial charge on any atom is -0.353 e. The second-order valence-electron chi connectivity index (χ2n) is 7.47. The van der Waals surface area contributed by atoms with Crippen molar-refractivity contribution in [2.45, 2.75) is 20.3 Å². The van der Waals surface area contributed by atoms with Gasteiger partial charge in [0.2, 0.25) is 0 Å². The van der Waals surface area contributed by atoms with Gasteiger partial charge in [0.05, 0.1) is 0 Å². The fourth-order valence-electron chi connectivity index (χ4n) is 3.87.